The number of nitrogens with zero attached hydrogens (tertiary/aromatic N) is 1. The lowest BCUT2D eigenvalue weighted by Gasteiger charge is -2.19. The van der Waals surface area contributed by atoms with Crippen molar-refractivity contribution in [2.24, 2.45) is 0 Å². The third-order valence-electron chi connectivity index (χ3n) is 3.94. The van der Waals surface area contributed by atoms with Gasteiger partial charge in [-0.05, 0) is 24.3 Å². The first-order valence-electron chi connectivity index (χ1n) is 8.35. The SMILES string of the molecule is O=C(Nc1ccc2c(c1)OCCO2)c1cn[nH]c1S(=O)(=O)Nc1ccccc1. The number of anilines is 2. The molecular weight excluding hydrogens is 384 g/mol. The molecule has 28 heavy (non-hydrogen) atoms. The van der Waals surface area contributed by atoms with E-state index in [1.165, 1.54) is 0 Å². The topological polar surface area (TPSA) is 122 Å². The van der Waals surface area contributed by atoms with Crippen LogP contribution in [0, 0.1) is 0 Å². The number of H-pyrrole nitrogens is 1. The van der Waals surface area contributed by atoms with E-state index in [9.17, 15) is 13.2 Å². The average molecular weight is 400 g/mol. The van der Waals surface area contributed by atoms with Gasteiger partial charge in [-0.1, -0.05) is 18.2 Å². The van der Waals surface area contributed by atoms with E-state index in [0.29, 0.717) is 36.1 Å². The van der Waals surface area contributed by atoms with Crippen molar-refractivity contribution in [1.29, 1.82) is 0 Å². The number of hydrogen-bond donors (Lipinski definition) is 3. The number of nitrogens with one attached hydrogen (secondary N) is 3. The summed E-state index contributed by atoms with van der Waals surface area (Å²) in [5, 5.41) is 8.41. The van der Waals surface area contributed by atoms with Crippen LogP contribution in [-0.2, 0) is 10.0 Å². The van der Waals surface area contributed by atoms with Crippen molar-refractivity contribution in [2.45, 2.75) is 5.03 Å². The molecule has 1 aliphatic rings. The predicted octanol–water partition coefficient (Wildman–Crippen LogP) is 2.23. The summed E-state index contributed by atoms with van der Waals surface area (Å²) >= 11 is 0. The highest BCUT2D eigenvalue weighted by molar-refractivity contribution is 7.92. The zero-order valence-corrected chi connectivity index (χ0v) is 15.3. The molecule has 0 saturated heterocycles. The highest BCUT2D eigenvalue weighted by atomic mass is 32.2. The summed E-state index contributed by atoms with van der Waals surface area (Å²) in [5.74, 6) is 0.469. The fraction of sp³-hybridized carbons (Fsp3) is 0.111. The Morgan fingerprint density at radius 3 is 2.54 bits per heavy atom. The van der Waals surface area contributed by atoms with Crippen LogP contribution in [0.4, 0.5) is 11.4 Å². The van der Waals surface area contributed by atoms with Gasteiger partial charge in [0, 0.05) is 17.4 Å². The van der Waals surface area contributed by atoms with Crippen LogP contribution in [0.15, 0.2) is 59.8 Å². The largest absolute Gasteiger partial charge is 0.486 e. The third-order valence-corrected chi connectivity index (χ3v) is 5.30. The maximum absolute atomic E-state index is 12.6. The molecule has 0 radical (unpaired) electrons. The molecule has 0 bridgehead atoms. The molecular formula is C18H16N4O5S. The maximum Gasteiger partial charge on any atom is 0.279 e. The zero-order chi connectivity index (χ0) is 19.6. The number of amides is 1. The molecule has 144 valence electrons. The third kappa shape index (κ3) is 3.62. The van der Waals surface area contributed by atoms with Crippen LogP contribution in [-0.4, -0.2) is 37.7 Å². The van der Waals surface area contributed by atoms with Gasteiger partial charge in [-0.15, -0.1) is 0 Å². The number of rotatable bonds is 5. The van der Waals surface area contributed by atoms with Gasteiger partial charge in [0.1, 0.15) is 13.2 Å². The van der Waals surface area contributed by atoms with E-state index in [-0.39, 0.29) is 10.6 Å². The van der Waals surface area contributed by atoms with E-state index >= 15 is 0 Å². The van der Waals surface area contributed by atoms with Gasteiger partial charge in [0.2, 0.25) is 0 Å². The Morgan fingerprint density at radius 1 is 1.00 bits per heavy atom. The summed E-state index contributed by atoms with van der Waals surface area (Å²) in [4.78, 5) is 12.6. The van der Waals surface area contributed by atoms with Gasteiger partial charge in [-0.25, -0.2) is 0 Å². The monoisotopic (exact) mass is 400 g/mol. The Bertz CT molecular complexity index is 1110. The molecule has 0 fully saturated rings. The molecule has 0 unspecified atom stereocenters. The van der Waals surface area contributed by atoms with E-state index in [1.54, 1.807) is 48.5 Å². The van der Waals surface area contributed by atoms with E-state index in [2.05, 4.69) is 20.2 Å². The average Bonchev–Trinajstić information content (AvgIpc) is 3.19. The number of hydrogen-bond acceptors (Lipinski definition) is 6. The van der Waals surface area contributed by atoms with Crippen LogP contribution in [0.2, 0.25) is 0 Å². The smallest absolute Gasteiger partial charge is 0.279 e. The summed E-state index contributed by atoms with van der Waals surface area (Å²) in [5.41, 5.74) is 0.698. The number of carbonyl (C=O) groups is 1. The Kier molecular flexibility index (Phi) is 4.62. The molecule has 2 aromatic carbocycles. The number of benzene rings is 2. The van der Waals surface area contributed by atoms with Crippen molar-refractivity contribution in [1.82, 2.24) is 10.2 Å². The molecule has 0 spiro atoms. The van der Waals surface area contributed by atoms with Crippen molar-refractivity contribution in [3.63, 3.8) is 0 Å². The molecule has 3 aromatic rings. The second-order valence-electron chi connectivity index (χ2n) is 5.90. The quantitative estimate of drug-likeness (QED) is 0.604. The van der Waals surface area contributed by atoms with Crippen LogP contribution >= 0.6 is 0 Å². The number of ether oxygens (including phenoxy) is 2. The minimum atomic E-state index is -4.03. The first-order valence-corrected chi connectivity index (χ1v) is 9.83. The van der Waals surface area contributed by atoms with Gasteiger partial charge in [-0.2, -0.15) is 13.5 Å². The first kappa shape index (κ1) is 17.9. The fourth-order valence-electron chi connectivity index (χ4n) is 2.67. The van der Waals surface area contributed by atoms with E-state index in [1.807, 2.05) is 0 Å². The predicted molar refractivity (Wildman–Crippen MR) is 101 cm³/mol. The van der Waals surface area contributed by atoms with E-state index in [0.717, 1.165) is 6.20 Å². The molecule has 9 nitrogen and oxygen atoms in total. The van der Waals surface area contributed by atoms with Gasteiger partial charge in [0.25, 0.3) is 15.9 Å². The number of para-hydroxylation sites is 1. The van der Waals surface area contributed by atoms with E-state index < -0.39 is 15.9 Å². The summed E-state index contributed by atoms with van der Waals surface area (Å²) in [6.07, 6.45) is 1.16. The molecule has 4 rings (SSSR count). The van der Waals surface area contributed by atoms with Gasteiger partial charge in [0.15, 0.2) is 16.5 Å². The lowest BCUT2D eigenvalue weighted by molar-refractivity contribution is 0.102. The summed E-state index contributed by atoms with van der Waals surface area (Å²) in [6, 6.07) is 13.3. The van der Waals surface area contributed by atoms with Crippen LogP contribution in [0.25, 0.3) is 0 Å². The fourth-order valence-corrected chi connectivity index (χ4v) is 3.83. The van der Waals surface area contributed by atoms with Crippen molar-refractivity contribution in [3.8, 4) is 11.5 Å². The first-order chi connectivity index (χ1) is 13.5. The molecule has 1 aromatic heterocycles. The normalized spacial score (nSPS) is 13.0. The summed E-state index contributed by atoms with van der Waals surface area (Å²) in [6.45, 7) is 0.878. The number of fused-ring (bicyclic) bond motifs is 1. The minimum Gasteiger partial charge on any atom is -0.486 e. The molecule has 2 heterocycles. The molecule has 0 aliphatic carbocycles. The van der Waals surface area contributed by atoms with Crippen LogP contribution < -0.4 is 19.5 Å². The number of carbonyl (C=O) groups excluding carboxylic acids is 1. The van der Waals surface area contributed by atoms with Crippen molar-refractivity contribution in [2.75, 3.05) is 23.3 Å². The number of aromatic nitrogens is 2. The van der Waals surface area contributed by atoms with Crippen molar-refractivity contribution >= 4 is 27.3 Å². The van der Waals surface area contributed by atoms with Crippen LogP contribution in [0.5, 0.6) is 11.5 Å². The van der Waals surface area contributed by atoms with Crippen LogP contribution in [0.1, 0.15) is 10.4 Å². The summed E-state index contributed by atoms with van der Waals surface area (Å²) in [7, 11) is -4.03. The lowest BCUT2D eigenvalue weighted by atomic mass is 10.2. The number of sulfonamides is 1. The van der Waals surface area contributed by atoms with Gasteiger partial charge in [-0.3, -0.25) is 14.6 Å². The second-order valence-corrected chi connectivity index (χ2v) is 7.52. The number of aromatic amines is 1. The van der Waals surface area contributed by atoms with Gasteiger partial charge >= 0.3 is 0 Å². The molecule has 1 aliphatic heterocycles. The molecule has 0 atom stereocenters. The zero-order valence-electron chi connectivity index (χ0n) is 14.5. The molecule has 1 amide bonds. The highest BCUT2D eigenvalue weighted by Crippen LogP contribution is 2.32. The second kappa shape index (κ2) is 7.24. The Morgan fingerprint density at radius 2 is 1.75 bits per heavy atom. The molecule has 0 saturated carbocycles. The Labute approximate surface area is 160 Å². The van der Waals surface area contributed by atoms with Crippen molar-refractivity contribution in [3.05, 3.63) is 60.3 Å². The standard InChI is InChI=1S/C18H16N4O5S/c23-17(20-13-6-7-15-16(10-13)27-9-8-26-15)14-11-19-21-18(14)28(24,25)22-12-4-2-1-3-5-12/h1-7,10-11,22H,8-9H2,(H,19,21)(H,20,23). The summed E-state index contributed by atoms with van der Waals surface area (Å²) < 4.78 is 38.6. The maximum atomic E-state index is 12.6. The van der Waals surface area contributed by atoms with Gasteiger partial charge < -0.3 is 14.8 Å². The van der Waals surface area contributed by atoms with Gasteiger partial charge in [0.05, 0.1) is 11.8 Å². The lowest BCUT2D eigenvalue weighted by Crippen LogP contribution is -2.20. The molecule has 10 heteroatoms. The van der Waals surface area contributed by atoms with Crippen LogP contribution in [0.3, 0.4) is 0 Å². The highest BCUT2D eigenvalue weighted by Gasteiger charge is 2.25. The Balaban J connectivity index is 1.56. The molecule has 3 N–H and O–H groups in total. The minimum absolute atomic E-state index is 0.113. The van der Waals surface area contributed by atoms with E-state index in [4.69, 9.17) is 9.47 Å². The van der Waals surface area contributed by atoms with Crippen molar-refractivity contribution < 1.29 is 22.7 Å². The Hall–Kier alpha value is -3.53.